The van der Waals surface area contributed by atoms with Crippen LogP contribution < -0.4 is 5.73 Å². The normalized spacial score (nSPS) is 26.1. The SMILES string of the molecule is CC(C)C1CCC(N(C)CC(C)(C)N)CC1.Cl. The van der Waals surface area contributed by atoms with Crippen molar-refractivity contribution in [3.63, 3.8) is 0 Å². The van der Waals surface area contributed by atoms with E-state index in [9.17, 15) is 0 Å². The van der Waals surface area contributed by atoms with Crippen LogP contribution in [0.3, 0.4) is 0 Å². The van der Waals surface area contributed by atoms with Crippen molar-refractivity contribution in [2.45, 2.75) is 65.0 Å². The van der Waals surface area contributed by atoms with Crippen molar-refractivity contribution >= 4 is 12.4 Å². The number of nitrogens with zero attached hydrogens (tertiary/aromatic N) is 1. The third-order valence-corrected chi connectivity index (χ3v) is 3.96. The Morgan fingerprint density at radius 3 is 2.00 bits per heavy atom. The van der Waals surface area contributed by atoms with Crippen LogP contribution in [-0.4, -0.2) is 30.1 Å². The average molecular weight is 263 g/mol. The Morgan fingerprint density at radius 2 is 1.65 bits per heavy atom. The van der Waals surface area contributed by atoms with Gasteiger partial charge in [-0.05, 0) is 58.4 Å². The van der Waals surface area contributed by atoms with Crippen LogP contribution in [0.5, 0.6) is 0 Å². The molecule has 1 fully saturated rings. The predicted octanol–water partition coefficient (Wildman–Crippen LogP) is 3.29. The molecule has 0 aromatic heterocycles. The van der Waals surface area contributed by atoms with E-state index in [4.69, 9.17) is 5.73 Å². The molecule has 17 heavy (non-hydrogen) atoms. The smallest absolute Gasteiger partial charge is 0.0226 e. The second-order valence-electron chi connectivity index (χ2n) is 6.72. The quantitative estimate of drug-likeness (QED) is 0.843. The Labute approximate surface area is 114 Å². The van der Waals surface area contributed by atoms with Crippen LogP contribution in [0.2, 0.25) is 0 Å². The Morgan fingerprint density at radius 1 is 1.18 bits per heavy atom. The molecule has 0 aliphatic heterocycles. The molecule has 1 aliphatic carbocycles. The van der Waals surface area contributed by atoms with Crippen LogP contribution in [0.4, 0.5) is 0 Å². The number of nitrogens with two attached hydrogens (primary N) is 1. The van der Waals surface area contributed by atoms with E-state index < -0.39 is 0 Å². The summed E-state index contributed by atoms with van der Waals surface area (Å²) in [5.41, 5.74) is 6.01. The molecule has 0 unspecified atom stereocenters. The predicted molar refractivity (Wildman–Crippen MR) is 78.7 cm³/mol. The van der Waals surface area contributed by atoms with Gasteiger partial charge in [0.25, 0.3) is 0 Å². The fourth-order valence-electron chi connectivity index (χ4n) is 2.98. The zero-order valence-corrected chi connectivity index (χ0v) is 13.0. The van der Waals surface area contributed by atoms with Gasteiger partial charge in [-0.1, -0.05) is 13.8 Å². The lowest BCUT2D eigenvalue weighted by Gasteiger charge is -2.38. The molecule has 1 rings (SSSR count). The van der Waals surface area contributed by atoms with Gasteiger partial charge in [-0.3, -0.25) is 0 Å². The molecule has 0 amide bonds. The maximum atomic E-state index is 6.08. The molecule has 0 heterocycles. The summed E-state index contributed by atoms with van der Waals surface area (Å²) >= 11 is 0. The van der Waals surface area contributed by atoms with E-state index in [0.717, 1.165) is 24.4 Å². The van der Waals surface area contributed by atoms with E-state index in [1.54, 1.807) is 0 Å². The summed E-state index contributed by atoms with van der Waals surface area (Å²) in [6.45, 7) is 9.95. The molecule has 104 valence electrons. The molecule has 1 saturated carbocycles. The van der Waals surface area contributed by atoms with Crippen LogP contribution in [0.25, 0.3) is 0 Å². The van der Waals surface area contributed by atoms with Crippen LogP contribution in [0.15, 0.2) is 0 Å². The molecule has 0 atom stereocenters. The van der Waals surface area contributed by atoms with Crippen molar-refractivity contribution < 1.29 is 0 Å². The second kappa shape index (κ2) is 6.96. The van der Waals surface area contributed by atoms with Gasteiger partial charge in [0.05, 0.1) is 0 Å². The summed E-state index contributed by atoms with van der Waals surface area (Å²) in [6.07, 6.45) is 5.51. The van der Waals surface area contributed by atoms with Crippen LogP contribution >= 0.6 is 12.4 Å². The number of likely N-dealkylation sites (N-methyl/N-ethyl adjacent to an activating group) is 1. The monoisotopic (exact) mass is 262 g/mol. The third kappa shape index (κ3) is 6.08. The minimum absolute atomic E-state index is 0. The highest BCUT2D eigenvalue weighted by Crippen LogP contribution is 2.31. The number of hydrogen-bond donors (Lipinski definition) is 1. The van der Waals surface area contributed by atoms with Crippen molar-refractivity contribution in [1.82, 2.24) is 4.90 Å². The van der Waals surface area contributed by atoms with Crippen LogP contribution in [0.1, 0.15) is 53.4 Å². The molecule has 0 spiro atoms. The van der Waals surface area contributed by atoms with Crippen molar-refractivity contribution in [1.29, 1.82) is 0 Å². The van der Waals surface area contributed by atoms with Gasteiger partial charge in [-0.15, -0.1) is 12.4 Å². The first-order valence-corrected chi connectivity index (χ1v) is 6.78. The van der Waals surface area contributed by atoms with Gasteiger partial charge in [0, 0.05) is 18.1 Å². The molecule has 2 nitrogen and oxygen atoms in total. The maximum absolute atomic E-state index is 6.08. The summed E-state index contributed by atoms with van der Waals surface area (Å²) in [5, 5.41) is 0. The number of hydrogen-bond acceptors (Lipinski definition) is 2. The van der Waals surface area contributed by atoms with Gasteiger partial charge >= 0.3 is 0 Å². The summed E-state index contributed by atoms with van der Waals surface area (Å²) in [4.78, 5) is 2.47. The Balaban J connectivity index is 0.00000256. The number of halogens is 1. The fourth-order valence-corrected chi connectivity index (χ4v) is 2.98. The maximum Gasteiger partial charge on any atom is 0.0226 e. The highest BCUT2D eigenvalue weighted by atomic mass is 35.5. The lowest BCUT2D eigenvalue weighted by atomic mass is 9.79. The standard InChI is InChI=1S/C14H30N2.ClH/c1-11(2)12-6-8-13(9-7-12)16(5)10-14(3,4)15;/h11-13H,6-10,15H2,1-5H3;1H. The fraction of sp³-hybridized carbons (Fsp3) is 1.00. The van der Waals surface area contributed by atoms with Crippen molar-refractivity contribution in [2.75, 3.05) is 13.6 Å². The molecule has 0 aromatic carbocycles. The van der Waals surface area contributed by atoms with Gasteiger partial charge in [-0.25, -0.2) is 0 Å². The first-order chi connectivity index (χ1) is 7.29. The second-order valence-corrected chi connectivity index (χ2v) is 6.72. The Bertz CT molecular complexity index is 203. The Hall–Kier alpha value is 0.210. The van der Waals surface area contributed by atoms with E-state index in [1.165, 1.54) is 25.7 Å². The average Bonchev–Trinajstić information content (AvgIpc) is 2.15. The largest absolute Gasteiger partial charge is 0.324 e. The summed E-state index contributed by atoms with van der Waals surface area (Å²) in [5.74, 6) is 1.81. The van der Waals surface area contributed by atoms with E-state index in [0.29, 0.717) is 0 Å². The van der Waals surface area contributed by atoms with Crippen molar-refractivity contribution in [2.24, 2.45) is 17.6 Å². The van der Waals surface area contributed by atoms with Gasteiger partial charge < -0.3 is 10.6 Å². The molecular weight excluding hydrogens is 232 g/mol. The van der Waals surface area contributed by atoms with Gasteiger partial charge in [-0.2, -0.15) is 0 Å². The van der Waals surface area contributed by atoms with Crippen molar-refractivity contribution in [3.05, 3.63) is 0 Å². The van der Waals surface area contributed by atoms with Crippen molar-refractivity contribution in [3.8, 4) is 0 Å². The third-order valence-electron chi connectivity index (χ3n) is 3.96. The first-order valence-electron chi connectivity index (χ1n) is 6.78. The van der Waals surface area contributed by atoms with E-state index in [2.05, 4.69) is 39.6 Å². The molecule has 0 saturated heterocycles. The highest BCUT2D eigenvalue weighted by Gasteiger charge is 2.27. The molecule has 0 radical (unpaired) electrons. The highest BCUT2D eigenvalue weighted by molar-refractivity contribution is 5.85. The lowest BCUT2D eigenvalue weighted by Crippen LogP contribution is -2.48. The molecular formula is C14H31ClN2. The van der Waals surface area contributed by atoms with Gasteiger partial charge in [0.15, 0.2) is 0 Å². The topological polar surface area (TPSA) is 29.3 Å². The number of rotatable bonds is 4. The van der Waals surface area contributed by atoms with Crippen LogP contribution in [-0.2, 0) is 0 Å². The minimum atomic E-state index is -0.0658. The molecule has 1 aliphatic rings. The molecule has 2 N–H and O–H groups in total. The summed E-state index contributed by atoms with van der Waals surface area (Å²) < 4.78 is 0. The van der Waals surface area contributed by atoms with Gasteiger partial charge in [0.1, 0.15) is 0 Å². The zero-order valence-electron chi connectivity index (χ0n) is 12.2. The Kier molecular flexibility index (Phi) is 7.05. The van der Waals surface area contributed by atoms with Gasteiger partial charge in [0.2, 0.25) is 0 Å². The zero-order chi connectivity index (χ0) is 12.3. The lowest BCUT2D eigenvalue weighted by molar-refractivity contribution is 0.130. The molecule has 3 heteroatoms. The van der Waals surface area contributed by atoms with E-state index >= 15 is 0 Å². The van der Waals surface area contributed by atoms with E-state index in [-0.39, 0.29) is 17.9 Å². The molecule has 0 aromatic rings. The van der Waals surface area contributed by atoms with E-state index in [1.807, 2.05) is 0 Å². The molecule has 0 bridgehead atoms. The first kappa shape index (κ1) is 17.2. The van der Waals surface area contributed by atoms with Crippen LogP contribution in [0, 0.1) is 11.8 Å². The minimum Gasteiger partial charge on any atom is -0.324 e. The summed E-state index contributed by atoms with van der Waals surface area (Å²) in [7, 11) is 2.23. The summed E-state index contributed by atoms with van der Waals surface area (Å²) in [6, 6.07) is 0.762.